The van der Waals surface area contributed by atoms with Gasteiger partial charge in [0.25, 0.3) is 5.91 Å². The van der Waals surface area contributed by atoms with Gasteiger partial charge >= 0.3 is 0 Å². The van der Waals surface area contributed by atoms with Crippen molar-refractivity contribution in [3.8, 4) is 0 Å². The highest BCUT2D eigenvalue weighted by Gasteiger charge is 2.16. The highest BCUT2D eigenvalue weighted by atomic mass is 16.3. The lowest BCUT2D eigenvalue weighted by atomic mass is 10.1. The standard InChI is InChI=1S/C17H23N3O2/c21-15-5-10-20(11-6-15)9-1-7-19-17(22)14-2-3-16-13(12-14)4-8-18-16/h2-4,8,12,15,18,21H,1,5-7,9-11H2,(H,19,22). The summed E-state index contributed by atoms with van der Waals surface area (Å²) < 4.78 is 0. The number of fused-ring (bicyclic) bond motifs is 1. The van der Waals surface area contributed by atoms with E-state index in [0.717, 1.165) is 49.8 Å². The summed E-state index contributed by atoms with van der Waals surface area (Å²) in [5.41, 5.74) is 1.75. The number of carbonyl (C=O) groups is 1. The van der Waals surface area contributed by atoms with Crippen LogP contribution in [-0.4, -0.2) is 53.2 Å². The third kappa shape index (κ3) is 3.67. The van der Waals surface area contributed by atoms with Gasteiger partial charge < -0.3 is 20.3 Å². The van der Waals surface area contributed by atoms with E-state index >= 15 is 0 Å². The first-order chi connectivity index (χ1) is 10.7. The molecule has 0 atom stereocenters. The zero-order valence-corrected chi connectivity index (χ0v) is 12.7. The van der Waals surface area contributed by atoms with Gasteiger partial charge in [-0.3, -0.25) is 4.79 Å². The van der Waals surface area contributed by atoms with Crippen LogP contribution in [-0.2, 0) is 0 Å². The Bertz CT molecular complexity index is 630. The first-order valence-electron chi connectivity index (χ1n) is 7.98. The van der Waals surface area contributed by atoms with Gasteiger partial charge in [-0.05, 0) is 50.1 Å². The second-order valence-electron chi connectivity index (χ2n) is 5.96. The Kier molecular flexibility index (Phi) is 4.75. The summed E-state index contributed by atoms with van der Waals surface area (Å²) in [6.45, 7) is 3.57. The van der Waals surface area contributed by atoms with Crippen molar-refractivity contribution in [3.63, 3.8) is 0 Å². The van der Waals surface area contributed by atoms with Gasteiger partial charge in [0.05, 0.1) is 6.10 Å². The summed E-state index contributed by atoms with van der Waals surface area (Å²) in [5, 5.41) is 13.5. The number of amides is 1. The number of carbonyl (C=O) groups excluding carboxylic acids is 1. The van der Waals surface area contributed by atoms with Crippen LogP contribution in [0.1, 0.15) is 29.6 Å². The van der Waals surface area contributed by atoms with Gasteiger partial charge in [-0.25, -0.2) is 0 Å². The molecule has 2 heterocycles. The second kappa shape index (κ2) is 6.94. The van der Waals surface area contributed by atoms with E-state index in [2.05, 4.69) is 15.2 Å². The highest BCUT2D eigenvalue weighted by molar-refractivity contribution is 5.98. The van der Waals surface area contributed by atoms with Crippen LogP contribution in [0.3, 0.4) is 0 Å². The number of H-pyrrole nitrogens is 1. The van der Waals surface area contributed by atoms with Gasteiger partial charge in [0.15, 0.2) is 0 Å². The summed E-state index contributed by atoms with van der Waals surface area (Å²) in [6.07, 6.45) is 4.42. The molecule has 1 aromatic heterocycles. The van der Waals surface area contributed by atoms with E-state index in [-0.39, 0.29) is 12.0 Å². The fraction of sp³-hybridized carbons (Fsp3) is 0.471. The minimum Gasteiger partial charge on any atom is -0.393 e. The number of piperidine rings is 1. The quantitative estimate of drug-likeness (QED) is 0.737. The smallest absolute Gasteiger partial charge is 0.251 e. The number of benzene rings is 1. The van der Waals surface area contributed by atoms with E-state index in [9.17, 15) is 9.90 Å². The molecule has 0 aliphatic carbocycles. The molecule has 0 unspecified atom stereocenters. The average molecular weight is 301 g/mol. The van der Waals surface area contributed by atoms with Crippen LogP contribution >= 0.6 is 0 Å². The average Bonchev–Trinajstić information content (AvgIpc) is 3.00. The summed E-state index contributed by atoms with van der Waals surface area (Å²) in [7, 11) is 0. The number of nitrogens with one attached hydrogen (secondary N) is 2. The Morgan fingerprint density at radius 3 is 2.95 bits per heavy atom. The Labute approximate surface area is 130 Å². The number of rotatable bonds is 5. The number of aliphatic hydroxyl groups excluding tert-OH is 1. The molecule has 22 heavy (non-hydrogen) atoms. The molecule has 1 amide bonds. The van der Waals surface area contributed by atoms with E-state index in [1.165, 1.54) is 0 Å². The maximum Gasteiger partial charge on any atom is 0.251 e. The molecule has 5 nitrogen and oxygen atoms in total. The fourth-order valence-electron chi connectivity index (χ4n) is 2.94. The lowest BCUT2D eigenvalue weighted by molar-refractivity contribution is 0.0816. The van der Waals surface area contributed by atoms with Crippen molar-refractivity contribution in [1.82, 2.24) is 15.2 Å². The SMILES string of the molecule is O=C(NCCCN1CCC(O)CC1)c1ccc2[nH]ccc2c1. The van der Waals surface area contributed by atoms with Crippen molar-refractivity contribution in [1.29, 1.82) is 0 Å². The van der Waals surface area contributed by atoms with Crippen LogP contribution in [0.15, 0.2) is 30.5 Å². The largest absolute Gasteiger partial charge is 0.393 e. The van der Waals surface area contributed by atoms with Crippen molar-refractivity contribution in [3.05, 3.63) is 36.0 Å². The first-order valence-corrected chi connectivity index (χ1v) is 7.98. The second-order valence-corrected chi connectivity index (χ2v) is 5.96. The number of hydrogen-bond donors (Lipinski definition) is 3. The molecule has 0 spiro atoms. The van der Waals surface area contributed by atoms with E-state index in [4.69, 9.17) is 0 Å². The number of hydrogen-bond acceptors (Lipinski definition) is 3. The van der Waals surface area contributed by atoms with Crippen molar-refractivity contribution < 1.29 is 9.90 Å². The Morgan fingerprint density at radius 1 is 1.32 bits per heavy atom. The monoisotopic (exact) mass is 301 g/mol. The molecule has 3 N–H and O–H groups in total. The number of nitrogens with zero attached hydrogens (tertiary/aromatic N) is 1. The molecule has 1 aliphatic heterocycles. The topological polar surface area (TPSA) is 68.4 Å². The molecule has 0 radical (unpaired) electrons. The van der Waals surface area contributed by atoms with Gasteiger partial charge in [-0.2, -0.15) is 0 Å². The minimum atomic E-state index is -0.126. The predicted octanol–water partition coefficient (Wildman–Crippen LogP) is 1.74. The van der Waals surface area contributed by atoms with Gasteiger partial charge in [-0.15, -0.1) is 0 Å². The van der Waals surface area contributed by atoms with Crippen molar-refractivity contribution >= 4 is 16.8 Å². The van der Waals surface area contributed by atoms with E-state index in [1.807, 2.05) is 30.5 Å². The Hall–Kier alpha value is -1.85. The normalized spacial score (nSPS) is 17.0. The van der Waals surface area contributed by atoms with Crippen LogP contribution in [0.5, 0.6) is 0 Å². The fourth-order valence-corrected chi connectivity index (χ4v) is 2.94. The molecular weight excluding hydrogens is 278 g/mol. The number of aliphatic hydroxyl groups is 1. The van der Waals surface area contributed by atoms with Crippen molar-refractivity contribution in [2.75, 3.05) is 26.2 Å². The predicted molar refractivity (Wildman–Crippen MR) is 86.9 cm³/mol. The van der Waals surface area contributed by atoms with E-state index in [0.29, 0.717) is 12.1 Å². The molecule has 0 bridgehead atoms. The van der Waals surface area contributed by atoms with Crippen LogP contribution < -0.4 is 5.32 Å². The van der Waals surface area contributed by atoms with Crippen LogP contribution in [0.2, 0.25) is 0 Å². The maximum atomic E-state index is 12.1. The summed E-state index contributed by atoms with van der Waals surface area (Å²) in [6, 6.07) is 7.66. The molecule has 118 valence electrons. The van der Waals surface area contributed by atoms with Gasteiger partial charge in [0, 0.05) is 42.3 Å². The summed E-state index contributed by atoms with van der Waals surface area (Å²) in [4.78, 5) is 17.6. The van der Waals surface area contributed by atoms with Gasteiger partial charge in [0.2, 0.25) is 0 Å². The van der Waals surface area contributed by atoms with E-state index < -0.39 is 0 Å². The van der Waals surface area contributed by atoms with E-state index in [1.54, 1.807) is 0 Å². The third-order valence-electron chi connectivity index (χ3n) is 4.31. The molecule has 1 fully saturated rings. The number of aromatic amines is 1. The molecule has 0 saturated carbocycles. The molecule has 1 aromatic carbocycles. The lowest BCUT2D eigenvalue weighted by Gasteiger charge is -2.29. The summed E-state index contributed by atoms with van der Waals surface area (Å²) in [5.74, 6) is -0.0165. The van der Waals surface area contributed by atoms with Crippen LogP contribution in [0.25, 0.3) is 10.9 Å². The maximum absolute atomic E-state index is 12.1. The van der Waals surface area contributed by atoms with Gasteiger partial charge in [0.1, 0.15) is 0 Å². The van der Waals surface area contributed by atoms with Crippen LogP contribution in [0, 0.1) is 0 Å². The molecule has 5 heteroatoms. The summed E-state index contributed by atoms with van der Waals surface area (Å²) >= 11 is 0. The number of aromatic nitrogens is 1. The number of likely N-dealkylation sites (tertiary alicyclic amines) is 1. The van der Waals surface area contributed by atoms with Crippen LogP contribution in [0.4, 0.5) is 0 Å². The third-order valence-corrected chi connectivity index (χ3v) is 4.31. The lowest BCUT2D eigenvalue weighted by Crippen LogP contribution is -2.37. The zero-order chi connectivity index (χ0) is 15.4. The minimum absolute atomic E-state index is 0.0165. The van der Waals surface area contributed by atoms with Crippen molar-refractivity contribution in [2.45, 2.75) is 25.4 Å². The van der Waals surface area contributed by atoms with Gasteiger partial charge in [-0.1, -0.05) is 0 Å². The molecule has 2 aromatic rings. The van der Waals surface area contributed by atoms with Crippen molar-refractivity contribution in [2.24, 2.45) is 0 Å². The zero-order valence-electron chi connectivity index (χ0n) is 12.7. The Balaban J connectivity index is 1.42. The molecule has 1 aliphatic rings. The molecule has 1 saturated heterocycles. The molecule has 3 rings (SSSR count). The molecular formula is C17H23N3O2. The highest BCUT2D eigenvalue weighted by Crippen LogP contribution is 2.14. The Morgan fingerprint density at radius 2 is 2.14 bits per heavy atom. The first kappa shape index (κ1) is 15.1.